The van der Waals surface area contributed by atoms with Crippen LogP contribution in [0.25, 0.3) is 0 Å². The van der Waals surface area contributed by atoms with E-state index in [0.717, 1.165) is 24.7 Å². The molecule has 1 aliphatic rings. The zero-order valence-electron chi connectivity index (χ0n) is 7.34. The lowest BCUT2D eigenvalue weighted by molar-refractivity contribution is 0.174. The molecule has 1 rings (SSSR count). The molecule has 0 amide bonds. The van der Waals surface area contributed by atoms with Crippen LogP contribution in [0.4, 0.5) is 0 Å². The molecule has 0 aromatic rings. The van der Waals surface area contributed by atoms with Crippen molar-refractivity contribution in [3.05, 3.63) is 0 Å². The third-order valence-electron chi connectivity index (χ3n) is 2.81. The number of nitriles is 1. The van der Waals surface area contributed by atoms with Crippen molar-refractivity contribution in [1.82, 2.24) is 0 Å². The van der Waals surface area contributed by atoms with Gasteiger partial charge in [0.15, 0.2) is 0 Å². The molecule has 1 aliphatic carbocycles. The molecule has 11 heavy (non-hydrogen) atoms. The first-order valence-electron chi connectivity index (χ1n) is 4.73. The van der Waals surface area contributed by atoms with Gasteiger partial charge in [-0.3, -0.25) is 0 Å². The lowest BCUT2D eigenvalue weighted by atomic mass is 9.71. The second kappa shape index (κ2) is 4.38. The van der Waals surface area contributed by atoms with Crippen LogP contribution < -0.4 is 0 Å². The van der Waals surface area contributed by atoms with Gasteiger partial charge in [0.1, 0.15) is 0 Å². The second-order valence-electron chi connectivity index (χ2n) is 3.66. The van der Waals surface area contributed by atoms with Gasteiger partial charge < -0.3 is 0 Å². The van der Waals surface area contributed by atoms with Crippen molar-refractivity contribution in [3.63, 3.8) is 0 Å². The summed E-state index contributed by atoms with van der Waals surface area (Å²) in [5.41, 5.74) is 0. The molecule has 0 aliphatic heterocycles. The highest BCUT2D eigenvalue weighted by Gasteiger charge is 2.26. The van der Waals surface area contributed by atoms with Gasteiger partial charge in [-0.05, 0) is 37.5 Å². The molecule has 0 unspecified atom stereocenters. The van der Waals surface area contributed by atoms with Gasteiger partial charge in [0.2, 0.25) is 0 Å². The molecule has 1 nitrogen and oxygen atoms in total. The number of hydrogen-bond donors (Lipinski definition) is 0. The third-order valence-corrected chi connectivity index (χ3v) is 2.81. The summed E-state index contributed by atoms with van der Waals surface area (Å²) >= 11 is 0. The highest BCUT2D eigenvalue weighted by atomic mass is 14.3. The van der Waals surface area contributed by atoms with Crippen LogP contribution in [0, 0.1) is 23.2 Å². The Morgan fingerprint density at radius 2 is 2.09 bits per heavy atom. The van der Waals surface area contributed by atoms with Crippen molar-refractivity contribution in [3.8, 4) is 6.07 Å². The summed E-state index contributed by atoms with van der Waals surface area (Å²) in [5, 5.41) is 8.32. The van der Waals surface area contributed by atoms with E-state index in [0.29, 0.717) is 0 Å². The third kappa shape index (κ3) is 2.54. The first-order chi connectivity index (χ1) is 5.36. The molecular formula is C10H17N. The molecule has 1 heteroatoms. The van der Waals surface area contributed by atoms with E-state index in [1.54, 1.807) is 0 Å². The average molecular weight is 151 g/mol. The smallest absolute Gasteiger partial charge is 0.0621 e. The van der Waals surface area contributed by atoms with E-state index in [1.807, 2.05) is 0 Å². The SMILES string of the molecule is CCC1CC(CCCC#N)C1. The van der Waals surface area contributed by atoms with E-state index in [1.165, 1.54) is 25.7 Å². The van der Waals surface area contributed by atoms with Crippen LogP contribution in [0.5, 0.6) is 0 Å². The molecule has 0 aromatic carbocycles. The fourth-order valence-corrected chi connectivity index (χ4v) is 1.91. The summed E-state index contributed by atoms with van der Waals surface area (Å²) in [6, 6.07) is 2.20. The first-order valence-corrected chi connectivity index (χ1v) is 4.73. The minimum absolute atomic E-state index is 0.757. The minimum atomic E-state index is 0.757. The molecule has 1 fully saturated rings. The van der Waals surface area contributed by atoms with Crippen molar-refractivity contribution in [2.45, 2.75) is 45.4 Å². The number of hydrogen-bond acceptors (Lipinski definition) is 1. The molecule has 62 valence electrons. The van der Waals surface area contributed by atoms with E-state index in [2.05, 4.69) is 13.0 Å². The fraction of sp³-hybridized carbons (Fsp3) is 0.900. The summed E-state index contributed by atoms with van der Waals surface area (Å²) < 4.78 is 0. The van der Waals surface area contributed by atoms with Crippen LogP contribution in [0.1, 0.15) is 45.4 Å². The lowest BCUT2D eigenvalue weighted by Crippen LogP contribution is -2.22. The van der Waals surface area contributed by atoms with E-state index >= 15 is 0 Å². The van der Waals surface area contributed by atoms with Gasteiger partial charge in [0.05, 0.1) is 6.07 Å². The van der Waals surface area contributed by atoms with E-state index < -0.39 is 0 Å². The van der Waals surface area contributed by atoms with Crippen molar-refractivity contribution in [1.29, 1.82) is 5.26 Å². The average Bonchev–Trinajstić information content (AvgIpc) is 1.94. The van der Waals surface area contributed by atoms with Gasteiger partial charge >= 0.3 is 0 Å². The quantitative estimate of drug-likeness (QED) is 0.566. The van der Waals surface area contributed by atoms with Gasteiger partial charge in [-0.15, -0.1) is 0 Å². The maximum absolute atomic E-state index is 8.32. The van der Waals surface area contributed by atoms with Gasteiger partial charge in [-0.2, -0.15) is 5.26 Å². The minimum Gasteiger partial charge on any atom is -0.198 e. The predicted octanol–water partition coefficient (Wildman–Crippen LogP) is 3.12. The molecule has 0 aromatic heterocycles. The Morgan fingerprint density at radius 1 is 1.36 bits per heavy atom. The molecule has 0 N–H and O–H groups in total. The molecule has 0 bridgehead atoms. The molecular weight excluding hydrogens is 134 g/mol. The lowest BCUT2D eigenvalue weighted by Gasteiger charge is -2.34. The normalized spacial score (nSPS) is 29.1. The molecule has 0 spiro atoms. The van der Waals surface area contributed by atoms with Gasteiger partial charge in [0, 0.05) is 6.42 Å². The number of unbranched alkanes of at least 4 members (excludes halogenated alkanes) is 1. The first kappa shape index (κ1) is 8.59. The summed E-state index contributed by atoms with van der Waals surface area (Å²) in [4.78, 5) is 0. The van der Waals surface area contributed by atoms with Gasteiger partial charge in [-0.25, -0.2) is 0 Å². The van der Waals surface area contributed by atoms with Crippen LogP contribution >= 0.6 is 0 Å². The largest absolute Gasteiger partial charge is 0.198 e. The molecule has 0 radical (unpaired) electrons. The Bertz CT molecular complexity index is 139. The van der Waals surface area contributed by atoms with Crippen molar-refractivity contribution >= 4 is 0 Å². The monoisotopic (exact) mass is 151 g/mol. The highest BCUT2D eigenvalue weighted by Crippen LogP contribution is 2.38. The zero-order chi connectivity index (χ0) is 8.10. The molecule has 0 atom stereocenters. The van der Waals surface area contributed by atoms with Crippen molar-refractivity contribution < 1.29 is 0 Å². The summed E-state index contributed by atoms with van der Waals surface area (Å²) in [6.07, 6.45) is 7.40. The summed E-state index contributed by atoms with van der Waals surface area (Å²) in [7, 11) is 0. The molecule has 1 saturated carbocycles. The topological polar surface area (TPSA) is 23.8 Å². The van der Waals surface area contributed by atoms with Crippen molar-refractivity contribution in [2.24, 2.45) is 11.8 Å². The molecule has 0 heterocycles. The zero-order valence-corrected chi connectivity index (χ0v) is 7.34. The van der Waals surface area contributed by atoms with Crippen molar-refractivity contribution in [2.75, 3.05) is 0 Å². The highest BCUT2D eigenvalue weighted by molar-refractivity contribution is 4.79. The Balaban J connectivity index is 1.93. The number of nitrogens with zero attached hydrogens (tertiary/aromatic N) is 1. The maximum atomic E-state index is 8.32. The standard InChI is InChI=1S/C10H17N/c1-2-9-7-10(8-9)5-3-4-6-11/h9-10H,2-5,7-8H2,1H3. The predicted molar refractivity (Wildman–Crippen MR) is 46.0 cm³/mol. The Hall–Kier alpha value is -0.510. The van der Waals surface area contributed by atoms with Crippen LogP contribution in [-0.4, -0.2) is 0 Å². The Labute approximate surface area is 69.4 Å². The van der Waals surface area contributed by atoms with Gasteiger partial charge in [0.25, 0.3) is 0 Å². The number of rotatable bonds is 4. The molecule has 0 saturated heterocycles. The Kier molecular flexibility index (Phi) is 3.42. The van der Waals surface area contributed by atoms with E-state index in [-0.39, 0.29) is 0 Å². The van der Waals surface area contributed by atoms with E-state index in [9.17, 15) is 0 Å². The van der Waals surface area contributed by atoms with Crippen LogP contribution in [0.2, 0.25) is 0 Å². The van der Waals surface area contributed by atoms with Crippen LogP contribution in [0.15, 0.2) is 0 Å². The summed E-state index contributed by atoms with van der Waals surface area (Å²) in [6.45, 7) is 2.27. The van der Waals surface area contributed by atoms with Gasteiger partial charge in [-0.1, -0.05) is 13.3 Å². The van der Waals surface area contributed by atoms with E-state index in [4.69, 9.17) is 5.26 Å². The Morgan fingerprint density at radius 3 is 2.64 bits per heavy atom. The van der Waals surface area contributed by atoms with Crippen LogP contribution in [-0.2, 0) is 0 Å². The fourth-order valence-electron chi connectivity index (χ4n) is 1.91. The maximum Gasteiger partial charge on any atom is 0.0621 e. The second-order valence-corrected chi connectivity index (χ2v) is 3.66. The van der Waals surface area contributed by atoms with Crippen LogP contribution in [0.3, 0.4) is 0 Å². The summed E-state index contributed by atoms with van der Waals surface area (Å²) in [5.74, 6) is 1.98.